The van der Waals surface area contributed by atoms with E-state index in [9.17, 15) is 4.79 Å². The SMILES string of the molecule is Nc1ccc(OCC(=O)O)c2cccnc12. The van der Waals surface area contributed by atoms with Crippen molar-refractivity contribution < 1.29 is 14.6 Å². The number of carbonyl (C=O) groups is 1. The number of hydrogen-bond acceptors (Lipinski definition) is 4. The zero-order valence-corrected chi connectivity index (χ0v) is 8.38. The third-order valence-electron chi connectivity index (χ3n) is 2.11. The maximum atomic E-state index is 10.4. The Kier molecular flexibility index (Phi) is 2.59. The van der Waals surface area contributed by atoms with Crippen molar-refractivity contribution >= 4 is 22.6 Å². The molecular weight excluding hydrogens is 208 g/mol. The fraction of sp³-hybridized carbons (Fsp3) is 0.0909. The van der Waals surface area contributed by atoms with Crippen molar-refractivity contribution in [3.8, 4) is 5.75 Å². The molecule has 0 atom stereocenters. The molecule has 0 saturated carbocycles. The number of carboxylic acid groups (broad SMARTS) is 1. The minimum atomic E-state index is -1.02. The van der Waals surface area contributed by atoms with Crippen LogP contribution in [-0.4, -0.2) is 22.7 Å². The van der Waals surface area contributed by atoms with Gasteiger partial charge in [-0.25, -0.2) is 4.79 Å². The number of anilines is 1. The monoisotopic (exact) mass is 218 g/mol. The summed E-state index contributed by atoms with van der Waals surface area (Å²) in [5.41, 5.74) is 6.90. The average molecular weight is 218 g/mol. The van der Waals surface area contributed by atoms with Gasteiger partial charge in [0.1, 0.15) is 5.75 Å². The molecule has 82 valence electrons. The van der Waals surface area contributed by atoms with Crippen LogP contribution in [0.3, 0.4) is 0 Å². The maximum Gasteiger partial charge on any atom is 0.341 e. The van der Waals surface area contributed by atoms with Crippen molar-refractivity contribution in [1.29, 1.82) is 0 Å². The summed E-state index contributed by atoms with van der Waals surface area (Å²) in [6.07, 6.45) is 1.62. The summed E-state index contributed by atoms with van der Waals surface area (Å²) in [7, 11) is 0. The summed E-state index contributed by atoms with van der Waals surface area (Å²) in [4.78, 5) is 14.5. The molecule has 0 radical (unpaired) electrons. The lowest BCUT2D eigenvalue weighted by molar-refractivity contribution is -0.139. The molecule has 0 amide bonds. The molecule has 16 heavy (non-hydrogen) atoms. The number of nitrogens with two attached hydrogens (primary N) is 1. The minimum Gasteiger partial charge on any atom is -0.481 e. The molecule has 1 heterocycles. The highest BCUT2D eigenvalue weighted by atomic mass is 16.5. The Balaban J connectivity index is 2.46. The molecule has 0 aliphatic rings. The zero-order valence-electron chi connectivity index (χ0n) is 8.38. The number of carboxylic acids is 1. The number of aromatic nitrogens is 1. The number of ether oxygens (including phenoxy) is 1. The molecule has 1 aromatic carbocycles. The predicted octanol–water partition coefficient (Wildman–Crippen LogP) is 1.28. The van der Waals surface area contributed by atoms with Crippen LogP contribution in [0.25, 0.3) is 10.9 Å². The third-order valence-corrected chi connectivity index (χ3v) is 2.11. The largest absolute Gasteiger partial charge is 0.481 e. The first-order valence-electron chi connectivity index (χ1n) is 4.66. The summed E-state index contributed by atoms with van der Waals surface area (Å²) < 4.78 is 5.14. The number of rotatable bonds is 3. The van der Waals surface area contributed by atoms with Crippen LogP contribution in [0, 0.1) is 0 Å². The number of pyridine rings is 1. The van der Waals surface area contributed by atoms with E-state index in [1.54, 1.807) is 30.5 Å². The van der Waals surface area contributed by atoms with Gasteiger partial charge in [0.25, 0.3) is 0 Å². The van der Waals surface area contributed by atoms with E-state index >= 15 is 0 Å². The van der Waals surface area contributed by atoms with E-state index in [0.717, 1.165) is 0 Å². The molecule has 0 aliphatic carbocycles. The highest BCUT2D eigenvalue weighted by Gasteiger charge is 2.07. The second-order valence-corrected chi connectivity index (χ2v) is 3.23. The van der Waals surface area contributed by atoms with Crippen LogP contribution in [-0.2, 0) is 4.79 Å². The quantitative estimate of drug-likeness (QED) is 0.758. The van der Waals surface area contributed by atoms with Crippen LogP contribution < -0.4 is 10.5 Å². The van der Waals surface area contributed by atoms with Crippen molar-refractivity contribution in [3.05, 3.63) is 30.5 Å². The smallest absolute Gasteiger partial charge is 0.341 e. The molecule has 0 bridgehead atoms. The molecule has 5 nitrogen and oxygen atoms in total. The standard InChI is InChI=1S/C11H10N2O3/c12-8-3-4-9(16-6-10(14)15)7-2-1-5-13-11(7)8/h1-5H,6,12H2,(H,14,15). The normalized spacial score (nSPS) is 10.2. The van der Waals surface area contributed by atoms with Gasteiger partial charge in [-0.1, -0.05) is 0 Å². The van der Waals surface area contributed by atoms with Gasteiger partial charge in [0.2, 0.25) is 0 Å². The molecule has 0 aliphatic heterocycles. The van der Waals surface area contributed by atoms with Crippen LogP contribution in [0.1, 0.15) is 0 Å². The summed E-state index contributed by atoms with van der Waals surface area (Å²) in [6.45, 7) is -0.381. The van der Waals surface area contributed by atoms with Crippen molar-refractivity contribution in [3.63, 3.8) is 0 Å². The van der Waals surface area contributed by atoms with Gasteiger partial charge in [0.15, 0.2) is 6.61 Å². The van der Waals surface area contributed by atoms with Gasteiger partial charge in [-0.15, -0.1) is 0 Å². The molecule has 3 N–H and O–H groups in total. The third kappa shape index (κ3) is 1.88. The van der Waals surface area contributed by atoms with Crippen LogP contribution in [0.5, 0.6) is 5.75 Å². The Morgan fingerprint density at radius 2 is 2.25 bits per heavy atom. The average Bonchev–Trinajstić information content (AvgIpc) is 2.28. The second-order valence-electron chi connectivity index (χ2n) is 3.23. The Morgan fingerprint density at radius 3 is 3.00 bits per heavy atom. The molecule has 0 spiro atoms. The molecule has 0 unspecified atom stereocenters. The van der Waals surface area contributed by atoms with E-state index < -0.39 is 5.97 Å². The topological polar surface area (TPSA) is 85.4 Å². The van der Waals surface area contributed by atoms with Crippen molar-refractivity contribution in [2.24, 2.45) is 0 Å². The van der Waals surface area contributed by atoms with Crippen molar-refractivity contribution in [1.82, 2.24) is 4.98 Å². The van der Waals surface area contributed by atoms with Crippen LogP contribution >= 0.6 is 0 Å². The first-order chi connectivity index (χ1) is 7.68. The van der Waals surface area contributed by atoms with Gasteiger partial charge in [0.05, 0.1) is 11.2 Å². The number of nitrogen functional groups attached to an aromatic ring is 1. The molecular formula is C11H10N2O3. The number of benzene rings is 1. The fourth-order valence-electron chi connectivity index (χ4n) is 1.43. The minimum absolute atomic E-state index is 0.381. The van der Waals surface area contributed by atoms with Gasteiger partial charge in [-0.05, 0) is 24.3 Å². The summed E-state index contributed by atoms with van der Waals surface area (Å²) in [5, 5.41) is 9.25. The highest BCUT2D eigenvalue weighted by Crippen LogP contribution is 2.28. The lowest BCUT2D eigenvalue weighted by Gasteiger charge is -2.08. The van der Waals surface area contributed by atoms with Crippen molar-refractivity contribution in [2.45, 2.75) is 0 Å². The summed E-state index contributed by atoms with van der Waals surface area (Å²) in [6, 6.07) is 6.82. The maximum absolute atomic E-state index is 10.4. The van der Waals surface area contributed by atoms with Gasteiger partial charge in [0, 0.05) is 11.6 Å². The highest BCUT2D eigenvalue weighted by molar-refractivity contribution is 5.93. The van der Waals surface area contributed by atoms with E-state index in [1.165, 1.54) is 0 Å². The van der Waals surface area contributed by atoms with E-state index in [1.807, 2.05) is 0 Å². The van der Waals surface area contributed by atoms with Crippen molar-refractivity contribution in [2.75, 3.05) is 12.3 Å². The van der Waals surface area contributed by atoms with Gasteiger partial charge < -0.3 is 15.6 Å². The molecule has 2 rings (SSSR count). The van der Waals surface area contributed by atoms with Crippen LogP contribution in [0.4, 0.5) is 5.69 Å². The fourth-order valence-corrected chi connectivity index (χ4v) is 1.43. The number of hydrogen-bond donors (Lipinski definition) is 2. The second kappa shape index (κ2) is 4.06. The molecule has 1 aromatic heterocycles. The Bertz CT molecular complexity index is 540. The number of nitrogens with zero attached hydrogens (tertiary/aromatic N) is 1. The van der Waals surface area contributed by atoms with Gasteiger partial charge in [-0.3, -0.25) is 4.98 Å². The Labute approximate surface area is 91.5 Å². The lowest BCUT2D eigenvalue weighted by atomic mass is 10.2. The van der Waals surface area contributed by atoms with E-state index in [0.29, 0.717) is 22.3 Å². The Hall–Kier alpha value is -2.30. The lowest BCUT2D eigenvalue weighted by Crippen LogP contribution is -2.09. The van der Waals surface area contributed by atoms with E-state index in [-0.39, 0.29) is 6.61 Å². The van der Waals surface area contributed by atoms with Crippen LogP contribution in [0.15, 0.2) is 30.5 Å². The van der Waals surface area contributed by atoms with Gasteiger partial charge in [-0.2, -0.15) is 0 Å². The zero-order chi connectivity index (χ0) is 11.5. The molecule has 0 saturated heterocycles. The first kappa shape index (κ1) is 10.2. The van der Waals surface area contributed by atoms with Crippen LogP contribution in [0.2, 0.25) is 0 Å². The number of aliphatic carboxylic acids is 1. The molecule has 0 fully saturated rings. The predicted molar refractivity (Wildman–Crippen MR) is 59.3 cm³/mol. The molecule has 5 heteroatoms. The summed E-state index contributed by atoms with van der Waals surface area (Å²) >= 11 is 0. The van der Waals surface area contributed by atoms with Gasteiger partial charge >= 0.3 is 5.97 Å². The molecule has 2 aromatic rings. The van der Waals surface area contributed by atoms with E-state index in [2.05, 4.69) is 4.98 Å². The Morgan fingerprint density at radius 1 is 1.44 bits per heavy atom. The number of fused-ring (bicyclic) bond motifs is 1. The first-order valence-corrected chi connectivity index (χ1v) is 4.66. The van der Waals surface area contributed by atoms with E-state index in [4.69, 9.17) is 15.6 Å². The summed E-state index contributed by atoms with van der Waals surface area (Å²) in [5.74, 6) is -0.548.